The molecule has 0 amide bonds. The number of rotatable bonds is 6. The maximum atomic E-state index is 10.6. The number of nitrogens with one attached hydrogen (secondary N) is 2. The topological polar surface area (TPSA) is 87.1 Å². The molecule has 2 N–H and O–H groups in total. The Hall–Kier alpha value is -1.63. The summed E-state index contributed by atoms with van der Waals surface area (Å²) >= 11 is 0. The summed E-state index contributed by atoms with van der Waals surface area (Å²) in [6, 6.07) is 0.165. The van der Waals surface area contributed by atoms with Crippen LogP contribution in [0.15, 0.2) is 6.20 Å². The van der Waals surface area contributed by atoms with Crippen molar-refractivity contribution in [2.75, 3.05) is 26.0 Å². The van der Waals surface area contributed by atoms with Gasteiger partial charge in [-0.15, -0.1) is 5.10 Å². The molecule has 0 aliphatic heterocycles. The van der Waals surface area contributed by atoms with Crippen LogP contribution < -0.4 is 5.32 Å². The van der Waals surface area contributed by atoms with Crippen molar-refractivity contribution < 1.29 is 4.92 Å². The Balaban J connectivity index is 2.52. The fraction of sp³-hybridized carbons (Fsp3) is 0.667. The third-order valence-electron chi connectivity index (χ3n) is 2.21. The second-order valence-electron chi connectivity index (χ2n) is 4.03. The van der Waals surface area contributed by atoms with E-state index in [-0.39, 0.29) is 11.9 Å². The van der Waals surface area contributed by atoms with Crippen molar-refractivity contribution in [3.05, 3.63) is 16.3 Å². The number of nitrogens with zero attached hydrogens (tertiary/aromatic N) is 3. The lowest BCUT2D eigenvalue weighted by molar-refractivity contribution is -0.388. The number of hydrogen-bond acceptors (Lipinski definition) is 5. The van der Waals surface area contributed by atoms with E-state index in [1.54, 1.807) is 0 Å². The molecule has 90 valence electrons. The summed E-state index contributed by atoms with van der Waals surface area (Å²) in [6.45, 7) is 2.92. The average molecular weight is 227 g/mol. The summed E-state index contributed by atoms with van der Waals surface area (Å²) in [7, 11) is 3.99. The van der Waals surface area contributed by atoms with Crippen molar-refractivity contribution >= 4 is 11.5 Å². The zero-order valence-corrected chi connectivity index (χ0v) is 9.73. The first-order valence-electron chi connectivity index (χ1n) is 5.09. The molecule has 1 aromatic heterocycles. The molecule has 0 saturated heterocycles. The Morgan fingerprint density at radius 3 is 2.94 bits per heavy atom. The van der Waals surface area contributed by atoms with Crippen molar-refractivity contribution in [2.24, 2.45) is 0 Å². The second-order valence-corrected chi connectivity index (χ2v) is 4.03. The Bertz CT molecular complexity index is 349. The smallest absolute Gasteiger partial charge is 0.366 e. The van der Waals surface area contributed by atoms with Gasteiger partial charge < -0.3 is 20.3 Å². The summed E-state index contributed by atoms with van der Waals surface area (Å²) in [6.07, 6.45) is 2.35. The number of hydrogen-bond donors (Lipinski definition) is 2. The van der Waals surface area contributed by atoms with Crippen LogP contribution in [0.3, 0.4) is 0 Å². The van der Waals surface area contributed by atoms with Gasteiger partial charge in [-0.2, -0.15) is 0 Å². The van der Waals surface area contributed by atoms with E-state index in [4.69, 9.17) is 0 Å². The molecule has 0 aliphatic carbocycles. The van der Waals surface area contributed by atoms with Crippen molar-refractivity contribution in [3.63, 3.8) is 0 Å². The first-order chi connectivity index (χ1) is 7.50. The van der Waals surface area contributed by atoms with Gasteiger partial charge in [-0.1, -0.05) is 5.10 Å². The van der Waals surface area contributed by atoms with E-state index in [2.05, 4.69) is 20.4 Å². The number of aromatic nitrogens is 2. The van der Waals surface area contributed by atoms with E-state index in [0.29, 0.717) is 5.69 Å². The van der Waals surface area contributed by atoms with E-state index >= 15 is 0 Å². The van der Waals surface area contributed by atoms with Gasteiger partial charge in [-0.3, -0.25) is 0 Å². The molecule has 7 nitrogen and oxygen atoms in total. The van der Waals surface area contributed by atoms with Gasteiger partial charge in [0.05, 0.1) is 0 Å². The van der Waals surface area contributed by atoms with Crippen LogP contribution in [0.1, 0.15) is 13.3 Å². The zero-order chi connectivity index (χ0) is 12.1. The third-order valence-corrected chi connectivity index (χ3v) is 2.21. The first-order valence-corrected chi connectivity index (χ1v) is 5.09. The Morgan fingerprint density at radius 2 is 2.38 bits per heavy atom. The van der Waals surface area contributed by atoms with Crippen molar-refractivity contribution in [3.8, 4) is 0 Å². The minimum absolute atomic E-state index is 0.0864. The lowest BCUT2D eigenvalue weighted by Crippen LogP contribution is -2.23. The van der Waals surface area contributed by atoms with Crippen LogP contribution >= 0.6 is 0 Å². The van der Waals surface area contributed by atoms with Crippen molar-refractivity contribution in [1.29, 1.82) is 0 Å². The lowest BCUT2D eigenvalue weighted by Gasteiger charge is -2.16. The third kappa shape index (κ3) is 3.50. The monoisotopic (exact) mass is 227 g/mol. The molecular formula is C9H17N5O2. The maximum Gasteiger partial charge on any atom is 0.366 e. The predicted molar refractivity (Wildman–Crippen MR) is 61.5 cm³/mol. The minimum Gasteiger partial charge on any atom is -0.374 e. The van der Waals surface area contributed by atoms with Gasteiger partial charge in [-0.25, -0.2) is 0 Å². The molecule has 0 fully saturated rings. The van der Waals surface area contributed by atoms with E-state index < -0.39 is 4.92 Å². The van der Waals surface area contributed by atoms with Crippen LogP contribution in [0, 0.1) is 10.1 Å². The highest BCUT2D eigenvalue weighted by Crippen LogP contribution is 2.20. The molecule has 1 aromatic rings. The van der Waals surface area contributed by atoms with Gasteiger partial charge >= 0.3 is 5.82 Å². The summed E-state index contributed by atoms with van der Waals surface area (Å²) in [5.41, 5.74) is 0.441. The molecule has 1 heterocycles. The number of anilines is 1. The Labute approximate surface area is 94.0 Å². The van der Waals surface area contributed by atoms with Gasteiger partial charge in [0.25, 0.3) is 0 Å². The normalized spacial score (nSPS) is 12.8. The largest absolute Gasteiger partial charge is 0.374 e. The highest BCUT2D eigenvalue weighted by atomic mass is 16.6. The van der Waals surface area contributed by atoms with Crippen molar-refractivity contribution in [1.82, 2.24) is 15.1 Å². The zero-order valence-electron chi connectivity index (χ0n) is 9.73. The number of aromatic amines is 1. The van der Waals surface area contributed by atoms with Gasteiger partial charge in [0.1, 0.15) is 6.20 Å². The summed E-state index contributed by atoms with van der Waals surface area (Å²) in [5.74, 6) is -0.0864. The van der Waals surface area contributed by atoms with Crippen LogP contribution in [0.2, 0.25) is 0 Å². The van der Waals surface area contributed by atoms with E-state index in [0.717, 1.165) is 13.0 Å². The fourth-order valence-electron chi connectivity index (χ4n) is 1.31. The Morgan fingerprint density at radius 1 is 1.69 bits per heavy atom. The van der Waals surface area contributed by atoms with E-state index in [9.17, 15) is 10.1 Å². The second kappa shape index (κ2) is 5.45. The Kier molecular flexibility index (Phi) is 4.24. The summed E-state index contributed by atoms with van der Waals surface area (Å²) in [5, 5.41) is 19.7. The van der Waals surface area contributed by atoms with Crippen LogP contribution in [-0.4, -0.2) is 46.7 Å². The summed E-state index contributed by atoms with van der Waals surface area (Å²) in [4.78, 5) is 12.2. The molecule has 1 rings (SSSR count). The first kappa shape index (κ1) is 12.4. The molecule has 0 spiro atoms. The number of nitro groups is 1. The molecule has 1 atom stereocenters. The fourth-order valence-corrected chi connectivity index (χ4v) is 1.31. The molecule has 0 aliphatic rings. The summed E-state index contributed by atoms with van der Waals surface area (Å²) < 4.78 is 0. The van der Waals surface area contributed by atoms with Gasteiger partial charge in [0.2, 0.25) is 0 Å². The van der Waals surface area contributed by atoms with Crippen LogP contribution in [0.5, 0.6) is 0 Å². The van der Waals surface area contributed by atoms with Crippen LogP contribution in [0.4, 0.5) is 11.5 Å². The van der Waals surface area contributed by atoms with Crippen LogP contribution in [0.25, 0.3) is 0 Å². The standard InChI is InChI=1S/C9H17N5O2/c1-7(4-5-13(2)3)11-8-6-10-12-9(8)14(15)16/h6-7,11H,4-5H2,1-3H3,(H,10,12). The maximum absolute atomic E-state index is 10.6. The SMILES string of the molecule is CC(CCN(C)C)Nc1cn[nH]c1[N+](=O)[O-]. The average Bonchev–Trinajstić information content (AvgIpc) is 2.62. The van der Waals surface area contributed by atoms with Crippen LogP contribution in [-0.2, 0) is 0 Å². The van der Waals surface area contributed by atoms with Gasteiger partial charge in [-0.05, 0) is 38.9 Å². The molecule has 16 heavy (non-hydrogen) atoms. The lowest BCUT2D eigenvalue weighted by atomic mass is 10.2. The van der Waals surface area contributed by atoms with E-state index in [1.807, 2.05) is 21.0 Å². The van der Waals surface area contributed by atoms with Gasteiger partial charge in [0, 0.05) is 6.04 Å². The minimum atomic E-state index is -0.478. The molecule has 0 saturated carbocycles. The highest BCUT2D eigenvalue weighted by molar-refractivity contribution is 5.55. The molecule has 0 radical (unpaired) electrons. The van der Waals surface area contributed by atoms with Crippen molar-refractivity contribution in [2.45, 2.75) is 19.4 Å². The molecule has 7 heteroatoms. The number of H-pyrrole nitrogens is 1. The quantitative estimate of drug-likeness (QED) is 0.560. The highest BCUT2D eigenvalue weighted by Gasteiger charge is 2.16. The molecule has 0 bridgehead atoms. The van der Waals surface area contributed by atoms with Gasteiger partial charge in [0.15, 0.2) is 5.69 Å². The van der Waals surface area contributed by atoms with E-state index in [1.165, 1.54) is 6.20 Å². The molecule has 0 aromatic carbocycles. The predicted octanol–water partition coefficient (Wildman–Crippen LogP) is 1.07. The molecule has 1 unspecified atom stereocenters. The molecular weight excluding hydrogens is 210 g/mol.